The van der Waals surface area contributed by atoms with Gasteiger partial charge >= 0.3 is 0 Å². The molecule has 0 bridgehead atoms. The molecule has 2 rings (SSSR count). The predicted molar refractivity (Wildman–Crippen MR) is 64.0 cm³/mol. The van der Waals surface area contributed by atoms with Gasteiger partial charge in [-0.25, -0.2) is 0 Å². The Morgan fingerprint density at radius 1 is 1.44 bits per heavy atom. The van der Waals surface area contributed by atoms with E-state index < -0.39 is 6.04 Å². The van der Waals surface area contributed by atoms with Crippen LogP contribution in [0.2, 0.25) is 0 Å². The number of carbonyl (C=O) groups excluding carboxylic acids is 1. The van der Waals surface area contributed by atoms with Crippen molar-refractivity contribution in [3.05, 3.63) is 36.5 Å². The Hall–Kier alpha value is -1.94. The number of benzene rings is 1. The van der Waals surface area contributed by atoms with E-state index in [0.29, 0.717) is 5.69 Å². The van der Waals surface area contributed by atoms with Crippen molar-refractivity contribution in [1.29, 1.82) is 0 Å². The van der Waals surface area contributed by atoms with Crippen LogP contribution in [0.1, 0.15) is 6.92 Å². The molecule has 1 atom stereocenters. The molecular formula is C12H13N3O. The second-order valence-corrected chi connectivity index (χ2v) is 3.69. The normalized spacial score (nSPS) is 12.4. The molecule has 0 saturated heterocycles. The molecule has 0 unspecified atom stereocenters. The molecule has 0 aliphatic rings. The molecule has 0 spiro atoms. The maximum atomic E-state index is 11.4. The minimum absolute atomic E-state index is 0.211. The number of anilines is 1. The van der Waals surface area contributed by atoms with Crippen LogP contribution in [0.15, 0.2) is 36.5 Å². The molecule has 3 N–H and O–H groups in total. The van der Waals surface area contributed by atoms with Gasteiger partial charge in [0, 0.05) is 5.39 Å². The second-order valence-electron chi connectivity index (χ2n) is 3.69. The number of carbonyl (C=O) groups is 1. The van der Waals surface area contributed by atoms with Gasteiger partial charge < -0.3 is 11.1 Å². The third-order valence-electron chi connectivity index (χ3n) is 2.27. The summed E-state index contributed by atoms with van der Waals surface area (Å²) < 4.78 is 0. The molecule has 4 nitrogen and oxygen atoms in total. The summed E-state index contributed by atoms with van der Waals surface area (Å²) in [6.07, 6.45) is 1.63. The lowest BCUT2D eigenvalue weighted by molar-refractivity contribution is -0.117. The van der Waals surface area contributed by atoms with Crippen LogP contribution in [0.5, 0.6) is 0 Å². The fourth-order valence-electron chi connectivity index (χ4n) is 1.40. The average Bonchev–Trinajstić information content (AvgIpc) is 2.28. The summed E-state index contributed by atoms with van der Waals surface area (Å²) in [5.41, 5.74) is 7.04. The smallest absolute Gasteiger partial charge is 0.241 e. The first-order valence-electron chi connectivity index (χ1n) is 5.08. The van der Waals surface area contributed by atoms with Gasteiger partial charge in [-0.2, -0.15) is 0 Å². The number of hydrogen-bond acceptors (Lipinski definition) is 3. The highest BCUT2D eigenvalue weighted by Crippen LogP contribution is 2.15. The fraction of sp³-hybridized carbons (Fsp3) is 0.167. The molecular weight excluding hydrogens is 202 g/mol. The van der Waals surface area contributed by atoms with E-state index in [2.05, 4.69) is 10.3 Å². The molecule has 4 heteroatoms. The number of nitrogens with two attached hydrogens (primary N) is 1. The van der Waals surface area contributed by atoms with E-state index >= 15 is 0 Å². The van der Waals surface area contributed by atoms with Crippen molar-refractivity contribution in [3.63, 3.8) is 0 Å². The van der Waals surface area contributed by atoms with Crippen molar-refractivity contribution >= 4 is 22.5 Å². The Morgan fingerprint density at radius 3 is 2.94 bits per heavy atom. The number of amides is 1. The van der Waals surface area contributed by atoms with Crippen LogP contribution in [0.3, 0.4) is 0 Å². The molecule has 1 aromatic heterocycles. The molecule has 16 heavy (non-hydrogen) atoms. The largest absolute Gasteiger partial charge is 0.323 e. The van der Waals surface area contributed by atoms with Crippen LogP contribution in [-0.4, -0.2) is 16.9 Å². The summed E-state index contributed by atoms with van der Waals surface area (Å²) >= 11 is 0. The second kappa shape index (κ2) is 4.28. The first-order chi connectivity index (χ1) is 7.66. The molecule has 0 fully saturated rings. The van der Waals surface area contributed by atoms with E-state index in [4.69, 9.17) is 5.73 Å². The lowest BCUT2D eigenvalue weighted by Crippen LogP contribution is -2.32. The summed E-state index contributed by atoms with van der Waals surface area (Å²) in [6, 6.07) is 9.09. The number of rotatable bonds is 2. The number of hydrogen-bond donors (Lipinski definition) is 2. The number of nitrogens with zero attached hydrogens (tertiary/aromatic N) is 1. The number of aromatic nitrogens is 1. The molecule has 0 aliphatic heterocycles. The zero-order chi connectivity index (χ0) is 11.5. The van der Waals surface area contributed by atoms with E-state index in [-0.39, 0.29) is 5.91 Å². The average molecular weight is 215 g/mol. The van der Waals surface area contributed by atoms with Crippen molar-refractivity contribution in [1.82, 2.24) is 4.98 Å². The van der Waals surface area contributed by atoms with Gasteiger partial charge in [0.05, 0.1) is 23.4 Å². The topological polar surface area (TPSA) is 68.0 Å². The maximum absolute atomic E-state index is 11.4. The summed E-state index contributed by atoms with van der Waals surface area (Å²) in [6.45, 7) is 1.64. The fourth-order valence-corrected chi connectivity index (χ4v) is 1.40. The van der Waals surface area contributed by atoms with Gasteiger partial charge in [-0.05, 0) is 19.1 Å². The van der Waals surface area contributed by atoms with E-state index in [1.165, 1.54) is 0 Å². The zero-order valence-corrected chi connectivity index (χ0v) is 8.97. The van der Waals surface area contributed by atoms with Crippen LogP contribution >= 0.6 is 0 Å². The maximum Gasteiger partial charge on any atom is 0.241 e. The molecule has 2 aromatic rings. The van der Waals surface area contributed by atoms with Crippen LogP contribution in [0.25, 0.3) is 10.9 Å². The lowest BCUT2D eigenvalue weighted by Gasteiger charge is -2.07. The van der Waals surface area contributed by atoms with Crippen molar-refractivity contribution in [2.75, 3.05) is 5.32 Å². The summed E-state index contributed by atoms with van der Waals surface area (Å²) in [4.78, 5) is 15.6. The van der Waals surface area contributed by atoms with E-state index in [9.17, 15) is 4.79 Å². The quantitative estimate of drug-likeness (QED) is 0.798. The molecule has 0 saturated carbocycles. The lowest BCUT2D eigenvalue weighted by atomic mass is 10.2. The van der Waals surface area contributed by atoms with E-state index in [1.807, 2.05) is 30.3 Å². The molecule has 82 valence electrons. The van der Waals surface area contributed by atoms with Crippen LogP contribution in [-0.2, 0) is 4.79 Å². The van der Waals surface area contributed by atoms with Gasteiger partial charge in [-0.1, -0.05) is 18.2 Å². The van der Waals surface area contributed by atoms with Crippen molar-refractivity contribution < 1.29 is 4.79 Å². The zero-order valence-electron chi connectivity index (χ0n) is 8.97. The molecule has 0 radical (unpaired) electrons. The van der Waals surface area contributed by atoms with Crippen LogP contribution in [0, 0.1) is 0 Å². The number of pyridine rings is 1. The summed E-state index contributed by atoms with van der Waals surface area (Å²) in [7, 11) is 0. The molecule has 1 aromatic carbocycles. The van der Waals surface area contributed by atoms with Crippen LogP contribution < -0.4 is 11.1 Å². The Balaban J connectivity index is 2.29. The van der Waals surface area contributed by atoms with Gasteiger partial charge in [0.15, 0.2) is 0 Å². The van der Waals surface area contributed by atoms with Gasteiger partial charge in [-0.15, -0.1) is 0 Å². The van der Waals surface area contributed by atoms with Crippen molar-refractivity contribution in [2.24, 2.45) is 5.73 Å². The van der Waals surface area contributed by atoms with E-state index in [0.717, 1.165) is 10.9 Å². The van der Waals surface area contributed by atoms with Crippen LogP contribution in [0.4, 0.5) is 5.69 Å². The molecule has 1 heterocycles. The highest BCUT2D eigenvalue weighted by Gasteiger charge is 2.07. The van der Waals surface area contributed by atoms with Gasteiger partial charge in [0.2, 0.25) is 5.91 Å². The third kappa shape index (κ3) is 2.17. The number of para-hydroxylation sites is 1. The standard InChI is InChI=1S/C12H13N3O/c1-8(13)12(16)15-10-6-9-4-2-3-5-11(9)14-7-10/h2-8H,13H2,1H3,(H,15,16)/t8-/m0/s1. The van der Waals surface area contributed by atoms with Gasteiger partial charge in [0.25, 0.3) is 0 Å². The van der Waals surface area contributed by atoms with E-state index in [1.54, 1.807) is 13.1 Å². The summed E-state index contributed by atoms with van der Waals surface area (Å²) in [5, 5.41) is 3.70. The minimum atomic E-state index is -0.522. The Labute approximate surface area is 93.5 Å². The number of nitrogens with one attached hydrogen (secondary N) is 1. The van der Waals surface area contributed by atoms with Crippen molar-refractivity contribution in [3.8, 4) is 0 Å². The highest BCUT2D eigenvalue weighted by atomic mass is 16.2. The Bertz CT molecular complexity index is 522. The van der Waals surface area contributed by atoms with Crippen molar-refractivity contribution in [2.45, 2.75) is 13.0 Å². The van der Waals surface area contributed by atoms with Gasteiger partial charge in [0.1, 0.15) is 0 Å². The highest BCUT2D eigenvalue weighted by molar-refractivity contribution is 5.95. The summed E-state index contributed by atoms with van der Waals surface area (Å²) in [5.74, 6) is -0.211. The van der Waals surface area contributed by atoms with Gasteiger partial charge in [-0.3, -0.25) is 9.78 Å². The minimum Gasteiger partial charge on any atom is -0.323 e. The SMILES string of the molecule is C[C@H](N)C(=O)Nc1cnc2ccccc2c1. The number of fused-ring (bicyclic) bond motifs is 1. The third-order valence-corrected chi connectivity index (χ3v) is 2.27. The molecule has 0 aliphatic carbocycles. The Morgan fingerprint density at radius 2 is 2.19 bits per heavy atom. The Kier molecular flexibility index (Phi) is 2.83. The first-order valence-corrected chi connectivity index (χ1v) is 5.08. The first kappa shape index (κ1) is 10.6. The predicted octanol–water partition coefficient (Wildman–Crippen LogP) is 1.52. The monoisotopic (exact) mass is 215 g/mol. The molecule has 1 amide bonds.